The van der Waals surface area contributed by atoms with Gasteiger partial charge in [-0.2, -0.15) is 0 Å². The summed E-state index contributed by atoms with van der Waals surface area (Å²) in [5.41, 5.74) is 2.61. The van der Waals surface area contributed by atoms with E-state index in [0.717, 1.165) is 21.6 Å². The van der Waals surface area contributed by atoms with Crippen molar-refractivity contribution in [1.82, 2.24) is 0 Å². The summed E-state index contributed by atoms with van der Waals surface area (Å²) in [4.78, 5) is 1.01. The zero-order valence-corrected chi connectivity index (χ0v) is 22.6. The third-order valence-electron chi connectivity index (χ3n) is 6.57. The predicted molar refractivity (Wildman–Crippen MR) is 153 cm³/mol. The Morgan fingerprint density at radius 1 is 0.590 bits per heavy atom. The third kappa shape index (κ3) is 8.02. The molecule has 202 valence electrons. The summed E-state index contributed by atoms with van der Waals surface area (Å²) in [6, 6.07) is 40.0. The molecule has 1 heterocycles. The molecule has 0 amide bonds. The molecule has 0 saturated carbocycles. The van der Waals surface area contributed by atoms with Gasteiger partial charge >= 0.3 is 0 Å². The first kappa shape index (κ1) is 27.6. The summed E-state index contributed by atoms with van der Waals surface area (Å²) in [5, 5.41) is 11.6. The predicted octanol–water partition coefficient (Wildman–Crippen LogP) is 6.25. The van der Waals surface area contributed by atoms with Gasteiger partial charge in [-0.15, -0.1) is 0 Å². The molecule has 1 saturated heterocycles. The van der Waals surface area contributed by atoms with Gasteiger partial charge in [0.15, 0.2) is 0 Å². The summed E-state index contributed by atoms with van der Waals surface area (Å²) in [7, 11) is 0. The van der Waals surface area contributed by atoms with E-state index < -0.39 is 29.9 Å². The average molecular weight is 543 g/mol. The van der Waals surface area contributed by atoms with Gasteiger partial charge in [0.1, 0.15) is 29.9 Å². The second-order valence-electron chi connectivity index (χ2n) is 9.49. The average Bonchev–Trinajstić information content (AvgIpc) is 2.99. The van der Waals surface area contributed by atoms with E-state index >= 15 is 0 Å². The Morgan fingerprint density at radius 2 is 1.05 bits per heavy atom. The molecule has 5 atom stereocenters. The molecule has 1 aliphatic heterocycles. The van der Waals surface area contributed by atoms with Gasteiger partial charge in [-0.1, -0.05) is 121 Å². The molecule has 1 fully saturated rings. The Morgan fingerprint density at radius 3 is 1.59 bits per heavy atom. The normalized spacial score (nSPS) is 22.9. The van der Waals surface area contributed by atoms with Crippen molar-refractivity contribution < 1.29 is 24.1 Å². The number of aliphatic hydroxyl groups is 1. The number of hydrogen-bond acceptors (Lipinski definition) is 6. The monoisotopic (exact) mass is 542 g/mol. The highest BCUT2D eigenvalue weighted by Crippen LogP contribution is 2.36. The third-order valence-corrected chi connectivity index (χ3v) is 7.74. The standard InChI is InChI=1S/C33H34O5S/c34-30-32(37-23-27-17-9-3-10-18-27)31(36-22-26-15-7-2-8-16-26)29(24-35-21-25-13-5-1-6-14-25)38-33(30)39-28-19-11-4-12-20-28/h1-20,29-34H,21-24H2. The molecule has 0 aromatic heterocycles. The number of hydrogen-bond donors (Lipinski definition) is 1. The SMILES string of the molecule is OC1C(Sc2ccccc2)OC(COCc2ccccc2)C(OCc2ccccc2)C1OCc1ccccc1. The summed E-state index contributed by atoms with van der Waals surface area (Å²) in [5.74, 6) is 0. The molecule has 5 nitrogen and oxygen atoms in total. The van der Waals surface area contributed by atoms with Crippen molar-refractivity contribution in [3.8, 4) is 0 Å². The lowest BCUT2D eigenvalue weighted by Gasteiger charge is -2.44. The molecular formula is C33H34O5S. The quantitative estimate of drug-likeness (QED) is 0.228. The second-order valence-corrected chi connectivity index (χ2v) is 10.7. The lowest BCUT2D eigenvalue weighted by Crippen LogP contribution is -2.59. The Hall–Kier alpha value is -2.97. The van der Waals surface area contributed by atoms with Crippen LogP contribution in [0.25, 0.3) is 0 Å². The van der Waals surface area contributed by atoms with E-state index in [4.69, 9.17) is 18.9 Å². The maximum absolute atomic E-state index is 11.6. The van der Waals surface area contributed by atoms with Crippen LogP contribution in [0.15, 0.2) is 126 Å². The smallest absolute Gasteiger partial charge is 0.136 e. The molecule has 6 heteroatoms. The van der Waals surface area contributed by atoms with Crippen molar-refractivity contribution in [3.05, 3.63) is 138 Å². The van der Waals surface area contributed by atoms with Gasteiger partial charge in [0.2, 0.25) is 0 Å². The van der Waals surface area contributed by atoms with Crippen LogP contribution in [0, 0.1) is 0 Å². The first-order valence-corrected chi connectivity index (χ1v) is 14.1. The van der Waals surface area contributed by atoms with Gasteiger partial charge in [0.25, 0.3) is 0 Å². The van der Waals surface area contributed by atoms with Crippen molar-refractivity contribution in [1.29, 1.82) is 0 Å². The lowest BCUT2D eigenvalue weighted by atomic mass is 9.99. The molecule has 0 aliphatic carbocycles. The van der Waals surface area contributed by atoms with Crippen LogP contribution in [-0.4, -0.2) is 41.6 Å². The van der Waals surface area contributed by atoms with Crippen LogP contribution in [0.2, 0.25) is 0 Å². The molecule has 4 aromatic carbocycles. The van der Waals surface area contributed by atoms with Crippen molar-refractivity contribution in [2.45, 2.75) is 54.6 Å². The number of thioether (sulfide) groups is 1. The Kier molecular flexibility index (Phi) is 10.2. The topological polar surface area (TPSA) is 57.2 Å². The molecule has 39 heavy (non-hydrogen) atoms. The van der Waals surface area contributed by atoms with E-state index in [2.05, 4.69) is 0 Å². The van der Waals surface area contributed by atoms with Crippen LogP contribution in [0.1, 0.15) is 16.7 Å². The van der Waals surface area contributed by atoms with Crippen LogP contribution in [0.3, 0.4) is 0 Å². The summed E-state index contributed by atoms with van der Waals surface area (Å²) >= 11 is 1.48. The molecule has 5 unspecified atom stereocenters. The summed E-state index contributed by atoms with van der Waals surface area (Å²) < 4.78 is 25.5. The van der Waals surface area contributed by atoms with Gasteiger partial charge in [-0.25, -0.2) is 0 Å². The number of ether oxygens (including phenoxy) is 4. The Balaban J connectivity index is 1.37. The molecule has 0 radical (unpaired) electrons. The fourth-order valence-electron chi connectivity index (χ4n) is 4.55. The largest absolute Gasteiger partial charge is 0.387 e. The minimum Gasteiger partial charge on any atom is -0.387 e. The van der Waals surface area contributed by atoms with Crippen LogP contribution in [-0.2, 0) is 38.8 Å². The van der Waals surface area contributed by atoms with E-state index in [0.29, 0.717) is 26.4 Å². The van der Waals surface area contributed by atoms with Crippen LogP contribution in [0.4, 0.5) is 0 Å². The van der Waals surface area contributed by atoms with E-state index in [1.165, 1.54) is 11.8 Å². The summed E-state index contributed by atoms with van der Waals surface area (Å²) in [6.45, 7) is 1.49. The molecule has 1 N–H and O–H groups in total. The fraction of sp³-hybridized carbons (Fsp3) is 0.273. The Labute approximate surface area is 234 Å². The van der Waals surface area contributed by atoms with Gasteiger partial charge < -0.3 is 24.1 Å². The first-order valence-electron chi connectivity index (χ1n) is 13.2. The minimum absolute atomic E-state index is 0.304. The fourth-order valence-corrected chi connectivity index (χ4v) is 5.63. The van der Waals surface area contributed by atoms with Crippen LogP contribution in [0.5, 0.6) is 0 Å². The molecular weight excluding hydrogens is 508 g/mol. The Bertz CT molecular complexity index is 1230. The van der Waals surface area contributed by atoms with Gasteiger partial charge in [-0.05, 0) is 28.8 Å². The van der Waals surface area contributed by atoms with E-state index in [1.54, 1.807) is 0 Å². The van der Waals surface area contributed by atoms with Crippen LogP contribution >= 0.6 is 11.8 Å². The highest BCUT2D eigenvalue weighted by Gasteiger charge is 2.47. The molecule has 0 bridgehead atoms. The van der Waals surface area contributed by atoms with Gasteiger partial charge in [0.05, 0.1) is 26.4 Å². The van der Waals surface area contributed by atoms with Gasteiger partial charge in [-0.3, -0.25) is 0 Å². The van der Waals surface area contributed by atoms with Crippen molar-refractivity contribution in [2.24, 2.45) is 0 Å². The van der Waals surface area contributed by atoms with Crippen molar-refractivity contribution >= 4 is 11.8 Å². The lowest BCUT2D eigenvalue weighted by molar-refractivity contribution is -0.243. The second kappa shape index (κ2) is 14.4. The highest BCUT2D eigenvalue weighted by atomic mass is 32.2. The van der Waals surface area contributed by atoms with Crippen molar-refractivity contribution in [3.63, 3.8) is 0 Å². The number of benzene rings is 4. The highest BCUT2D eigenvalue weighted by molar-refractivity contribution is 7.99. The summed E-state index contributed by atoms with van der Waals surface area (Å²) in [6.07, 6.45) is -2.51. The van der Waals surface area contributed by atoms with Crippen LogP contribution < -0.4 is 0 Å². The zero-order valence-electron chi connectivity index (χ0n) is 21.8. The maximum Gasteiger partial charge on any atom is 0.136 e. The van der Waals surface area contributed by atoms with Gasteiger partial charge in [0, 0.05) is 4.90 Å². The molecule has 1 aliphatic rings. The first-order chi connectivity index (χ1) is 19.3. The molecule has 5 rings (SSSR count). The van der Waals surface area contributed by atoms with E-state index in [9.17, 15) is 5.11 Å². The molecule has 4 aromatic rings. The number of rotatable bonds is 12. The minimum atomic E-state index is -0.912. The van der Waals surface area contributed by atoms with Crippen molar-refractivity contribution in [2.75, 3.05) is 6.61 Å². The van der Waals surface area contributed by atoms with E-state index in [-0.39, 0.29) is 0 Å². The maximum atomic E-state index is 11.6. The molecule has 0 spiro atoms. The van der Waals surface area contributed by atoms with E-state index in [1.807, 2.05) is 121 Å². The zero-order chi connectivity index (χ0) is 26.7. The number of aliphatic hydroxyl groups excluding tert-OH is 1.